The minimum absolute atomic E-state index is 0.0637. The Labute approximate surface area is 210 Å². The molecule has 2 aromatic carbocycles. The fraction of sp³-hybridized carbons (Fsp3) is 0.440. The van der Waals surface area contributed by atoms with Gasteiger partial charge in [0, 0.05) is 26.6 Å². The van der Waals surface area contributed by atoms with Crippen molar-refractivity contribution in [3.8, 4) is 0 Å². The molecule has 0 spiro atoms. The summed E-state index contributed by atoms with van der Waals surface area (Å²) in [5.41, 5.74) is -0.0967. The number of nitrogens with zero attached hydrogens (tertiary/aromatic N) is 2. The van der Waals surface area contributed by atoms with Gasteiger partial charge in [-0.1, -0.05) is 43.3 Å². The maximum absolute atomic E-state index is 13.2. The average Bonchev–Trinajstić information content (AvgIpc) is 2.83. The van der Waals surface area contributed by atoms with E-state index in [0.29, 0.717) is 12.8 Å². The molecule has 0 aromatic heterocycles. The van der Waals surface area contributed by atoms with Crippen LogP contribution in [0, 0.1) is 0 Å². The molecule has 11 heteroatoms. The lowest BCUT2D eigenvalue weighted by molar-refractivity contribution is -0.140. The van der Waals surface area contributed by atoms with Crippen molar-refractivity contribution in [3.05, 3.63) is 65.7 Å². The lowest BCUT2D eigenvalue weighted by Gasteiger charge is -2.30. The zero-order chi connectivity index (χ0) is 26.9. The van der Waals surface area contributed by atoms with E-state index in [-0.39, 0.29) is 43.4 Å². The quantitative estimate of drug-likeness (QED) is 0.454. The molecule has 0 aliphatic rings. The van der Waals surface area contributed by atoms with E-state index in [0.717, 1.165) is 34.3 Å². The number of sulfonamides is 1. The number of anilines is 1. The molecule has 2 rings (SSSR count). The highest BCUT2D eigenvalue weighted by Gasteiger charge is 2.32. The van der Waals surface area contributed by atoms with Crippen LogP contribution in [0.3, 0.4) is 0 Å². The molecule has 2 amide bonds. The third-order valence-electron chi connectivity index (χ3n) is 5.73. The molecule has 0 saturated heterocycles. The Kier molecular flexibility index (Phi) is 10.3. The van der Waals surface area contributed by atoms with Crippen molar-refractivity contribution in [1.82, 2.24) is 10.2 Å². The molecule has 0 aliphatic carbocycles. The Morgan fingerprint density at radius 3 is 2.25 bits per heavy atom. The van der Waals surface area contributed by atoms with Gasteiger partial charge in [0.2, 0.25) is 21.8 Å². The van der Waals surface area contributed by atoms with E-state index in [1.165, 1.54) is 18.0 Å². The molecule has 0 fully saturated rings. The summed E-state index contributed by atoms with van der Waals surface area (Å²) in [4.78, 5) is 27.1. The van der Waals surface area contributed by atoms with Gasteiger partial charge < -0.3 is 10.2 Å². The van der Waals surface area contributed by atoms with Crippen molar-refractivity contribution in [1.29, 1.82) is 0 Å². The summed E-state index contributed by atoms with van der Waals surface area (Å²) in [5.74, 6) is -0.639. The molecule has 36 heavy (non-hydrogen) atoms. The van der Waals surface area contributed by atoms with Crippen molar-refractivity contribution in [2.75, 3.05) is 30.7 Å². The molecule has 1 atom stereocenters. The van der Waals surface area contributed by atoms with E-state index in [1.54, 1.807) is 6.92 Å². The van der Waals surface area contributed by atoms with E-state index in [9.17, 15) is 31.2 Å². The van der Waals surface area contributed by atoms with Crippen LogP contribution in [-0.2, 0) is 32.2 Å². The zero-order valence-electron chi connectivity index (χ0n) is 20.6. The summed E-state index contributed by atoms with van der Waals surface area (Å²) in [5, 5.41) is 2.57. The van der Waals surface area contributed by atoms with E-state index >= 15 is 0 Å². The van der Waals surface area contributed by atoms with E-state index in [1.807, 2.05) is 30.3 Å². The number of amides is 2. The van der Waals surface area contributed by atoms with Crippen LogP contribution in [0.25, 0.3) is 0 Å². The predicted molar refractivity (Wildman–Crippen MR) is 133 cm³/mol. The van der Waals surface area contributed by atoms with Crippen LogP contribution in [0.15, 0.2) is 54.6 Å². The SMILES string of the molecule is CC[C@@H](C(=O)NC)N(CCc1ccccc1)C(=O)CCCN(c1cccc(C(F)(F)F)c1)S(C)(=O)=O. The van der Waals surface area contributed by atoms with Crippen molar-refractivity contribution >= 4 is 27.5 Å². The molecule has 198 valence electrons. The van der Waals surface area contributed by atoms with Crippen LogP contribution in [0.5, 0.6) is 0 Å². The number of benzene rings is 2. The molecular formula is C25H32F3N3O4S. The number of nitrogens with one attached hydrogen (secondary N) is 1. The number of carbonyl (C=O) groups is 2. The van der Waals surface area contributed by atoms with Gasteiger partial charge in [0.1, 0.15) is 6.04 Å². The molecule has 0 bridgehead atoms. The maximum atomic E-state index is 13.2. The second-order valence-electron chi connectivity index (χ2n) is 8.35. The first-order chi connectivity index (χ1) is 16.9. The van der Waals surface area contributed by atoms with Crippen LogP contribution in [0.1, 0.15) is 37.3 Å². The summed E-state index contributed by atoms with van der Waals surface area (Å²) < 4.78 is 64.9. The zero-order valence-corrected chi connectivity index (χ0v) is 21.4. The van der Waals surface area contributed by atoms with Crippen LogP contribution in [0.4, 0.5) is 18.9 Å². The highest BCUT2D eigenvalue weighted by Crippen LogP contribution is 2.32. The first kappa shape index (κ1) is 29.2. The number of likely N-dealkylation sites (N-methyl/N-ethyl adjacent to an activating group) is 1. The van der Waals surface area contributed by atoms with Crippen molar-refractivity contribution in [3.63, 3.8) is 0 Å². The maximum Gasteiger partial charge on any atom is 0.416 e. The van der Waals surface area contributed by atoms with Crippen LogP contribution in [0.2, 0.25) is 0 Å². The summed E-state index contributed by atoms with van der Waals surface area (Å²) in [6.07, 6.45) is -2.82. The standard InChI is InChI=1S/C25H32F3N3O4S/c1-4-22(24(33)29-2)30(17-15-19-10-6-5-7-11-19)23(32)14-9-16-31(36(3,34)35)21-13-8-12-20(18-21)25(26,27)28/h5-8,10-13,18,22H,4,9,14-17H2,1-3H3,(H,29,33)/t22-/m0/s1. The molecule has 2 aromatic rings. The Morgan fingerprint density at radius 1 is 1.03 bits per heavy atom. The number of carbonyl (C=O) groups excluding carboxylic acids is 2. The summed E-state index contributed by atoms with van der Waals surface area (Å²) >= 11 is 0. The third kappa shape index (κ3) is 8.25. The average molecular weight is 528 g/mol. The Hall–Kier alpha value is -3.08. The van der Waals surface area contributed by atoms with Gasteiger partial charge in [-0.15, -0.1) is 0 Å². The summed E-state index contributed by atoms with van der Waals surface area (Å²) in [7, 11) is -2.42. The molecular weight excluding hydrogens is 495 g/mol. The van der Waals surface area contributed by atoms with Crippen LogP contribution >= 0.6 is 0 Å². The van der Waals surface area contributed by atoms with E-state index < -0.39 is 27.8 Å². The predicted octanol–water partition coefficient (Wildman–Crippen LogP) is 3.85. The van der Waals surface area contributed by atoms with E-state index in [2.05, 4.69) is 5.32 Å². The molecule has 0 radical (unpaired) electrons. The van der Waals surface area contributed by atoms with Gasteiger partial charge in [-0.3, -0.25) is 13.9 Å². The topological polar surface area (TPSA) is 86.8 Å². The normalized spacial score (nSPS) is 12.6. The second-order valence-corrected chi connectivity index (χ2v) is 10.3. The summed E-state index contributed by atoms with van der Waals surface area (Å²) in [6.45, 7) is 1.90. The van der Waals surface area contributed by atoms with Gasteiger partial charge in [0.15, 0.2) is 0 Å². The molecule has 0 unspecified atom stereocenters. The first-order valence-corrected chi connectivity index (χ1v) is 13.4. The van der Waals surface area contributed by atoms with Gasteiger partial charge in [-0.2, -0.15) is 13.2 Å². The largest absolute Gasteiger partial charge is 0.416 e. The molecule has 0 heterocycles. The van der Waals surface area contributed by atoms with Crippen molar-refractivity contribution in [2.24, 2.45) is 0 Å². The number of hydrogen-bond donors (Lipinski definition) is 1. The monoisotopic (exact) mass is 527 g/mol. The van der Waals surface area contributed by atoms with Crippen molar-refractivity contribution in [2.45, 2.75) is 44.8 Å². The Bertz CT molecular complexity index is 1120. The fourth-order valence-corrected chi connectivity index (χ4v) is 4.86. The van der Waals surface area contributed by atoms with Gasteiger partial charge in [0.05, 0.1) is 17.5 Å². The Morgan fingerprint density at radius 2 is 1.69 bits per heavy atom. The molecule has 1 N–H and O–H groups in total. The number of halogens is 3. The van der Waals surface area contributed by atoms with Gasteiger partial charge >= 0.3 is 6.18 Å². The van der Waals surface area contributed by atoms with E-state index in [4.69, 9.17) is 0 Å². The highest BCUT2D eigenvalue weighted by atomic mass is 32.2. The molecule has 0 aliphatic heterocycles. The first-order valence-electron chi connectivity index (χ1n) is 11.6. The van der Waals surface area contributed by atoms with Gasteiger partial charge in [0.25, 0.3) is 0 Å². The molecule has 0 saturated carbocycles. The second kappa shape index (κ2) is 12.8. The van der Waals surface area contributed by atoms with Crippen molar-refractivity contribution < 1.29 is 31.2 Å². The number of hydrogen-bond acceptors (Lipinski definition) is 4. The lowest BCUT2D eigenvalue weighted by Crippen LogP contribution is -2.49. The summed E-state index contributed by atoms with van der Waals surface area (Å²) in [6, 6.07) is 12.8. The third-order valence-corrected chi connectivity index (χ3v) is 6.92. The Balaban J connectivity index is 2.17. The number of rotatable bonds is 12. The lowest BCUT2D eigenvalue weighted by atomic mass is 10.1. The fourth-order valence-electron chi connectivity index (χ4n) is 3.90. The van der Waals surface area contributed by atoms with Crippen LogP contribution < -0.4 is 9.62 Å². The smallest absolute Gasteiger partial charge is 0.357 e. The minimum atomic E-state index is -4.62. The van der Waals surface area contributed by atoms with Crippen LogP contribution in [-0.4, -0.2) is 57.6 Å². The van der Waals surface area contributed by atoms with Gasteiger partial charge in [-0.05, 0) is 43.0 Å². The minimum Gasteiger partial charge on any atom is -0.357 e. The molecule has 7 nitrogen and oxygen atoms in total. The highest BCUT2D eigenvalue weighted by molar-refractivity contribution is 7.92. The van der Waals surface area contributed by atoms with Gasteiger partial charge in [-0.25, -0.2) is 8.42 Å². The number of alkyl halides is 3.